The van der Waals surface area contributed by atoms with Crippen molar-refractivity contribution in [1.29, 1.82) is 0 Å². The first-order valence-electron chi connectivity index (χ1n) is 4.95. The maximum atomic E-state index is 11.0. The Bertz CT molecular complexity index is 558. The minimum Gasteiger partial charge on any atom is -0.478 e. The average molecular weight is 246 g/mol. The van der Waals surface area contributed by atoms with E-state index in [-0.39, 0.29) is 5.56 Å². The van der Waals surface area contributed by atoms with Crippen LogP contribution in [0.15, 0.2) is 46.7 Å². The van der Waals surface area contributed by atoms with Gasteiger partial charge in [0.15, 0.2) is 0 Å². The summed E-state index contributed by atoms with van der Waals surface area (Å²) in [6, 6.07) is 6.93. The molecule has 0 radical (unpaired) electrons. The van der Waals surface area contributed by atoms with Crippen LogP contribution >= 0.6 is 11.8 Å². The fourth-order valence-electron chi connectivity index (χ4n) is 1.30. The van der Waals surface area contributed by atoms with Crippen LogP contribution in [0.1, 0.15) is 15.9 Å². The van der Waals surface area contributed by atoms with E-state index >= 15 is 0 Å². The standard InChI is InChI=1S/C12H10N2O2S/c1-8-4-6-13-10(7-8)17-11-9(12(15)16)3-2-5-14-11/h2-7H,1H3,(H,15,16). The lowest BCUT2D eigenvalue weighted by Gasteiger charge is -2.03. The second kappa shape index (κ2) is 4.97. The van der Waals surface area contributed by atoms with E-state index in [0.717, 1.165) is 10.6 Å². The molecule has 0 amide bonds. The first-order valence-corrected chi connectivity index (χ1v) is 5.77. The molecule has 17 heavy (non-hydrogen) atoms. The highest BCUT2D eigenvalue weighted by Gasteiger charge is 2.12. The Morgan fingerprint density at radius 2 is 2.12 bits per heavy atom. The van der Waals surface area contributed by atoms with E-state index < -0.39 is 5.97 Å². The van der Waals surface area contributed by atoms with Crippen LogP contribution in [0.5, 0.6) is 0 Å². The monoisotopic (exact) mass is 246 g/mol. The highest BCUT2D eigenvalue weighted by molar-refractivity contribution is 7.99. The van der Waals surface area contributed by atoms with E-state index in [1.54, 1.807) is 18.5 Å². The number of nitrogens with zero attached hydrogens (tertiary/aromatic N) is 2. The van der Waals surface area contributed by atoms with Crippen molar-refractivity contribution in [2.24, 2.45) is 0 Å². The Morgan fingerprint density at radius 1 is 1.29 bits per heavy atom. The first kappa shape index (κ1) is 11.6. The maximum absolute atomic E-state index is 11.0. The van der Waals surface area contributed by atoms with Gasteiger partial charge in [-0.15, -0.1) is 0 Å². The SMILES string of the molecule is Cc1ccnc(Sc2ncccc2C(=O)O)c1. The number of carboxylic acids is 1. The van der Waals surface area contributed by atoms with Crippen LogP contribution in [0.2, 0.25) is 0 Å². The molecule has 0 aliphatic carbocycles. The van der Waals surface area contributed by atoms with Crippen LogP contribution in [0.3, 0.4) is 0 Å². The molecule has 2 aromatic heterocycles. The molecule has 4 nitrogen and oxygen atoms in total. The minimum absolute atomic E-state index is 0.195. The second-order valence-electron chi connectivity index (χ2n) is 3.43. The van der Waals surface area contributed by atoms with Gasteiger partial charge in [0.2, 0.25) is 0 Å². The van der Waals surface area contributed by atoms with Crippen LogP contribution in [0.4, 0.5) is 0 Å². The van der Waals surface area contributed by atoms with E-state index in [4.69, 9.17) is 5.11 Å². The fourth-order valence-corrected chi connectivity index (χ4v) is 2.23. The van der Waals surface area contributed by atoms with Crippen molar-refractivity contribution in [2.45, 2.75) is 17.0 Å². The molecule has 0 unspecified atom stereocenters. The quantitative estimate of drug-likeness (QED) is 0.902. The summed E-state index contributed by atoms with van der Waals surface area (Å²) in [5.41, 5.74) is 1.27. The lowest BCUT2D eigenvalue weighted by molar-refractivity contribution is 0.0692. The molecule has 0 aliphatic heterocycles. The molecule has 2 heterocycles. The van der Waals surface area contributed by atoms with Gasteiger partial charge in [0.1, 0.15) is 10.1 Å². The predicted molar refractivity (Wildman–Crippen MR) is 64.3 cm³/mol. The topological polar surface area (TPSA) is 63.1 Å². The van der Waals surface area contributed by atoms with Gasteiger partial charge < -0.3 is 5.11 Å². The lowest BCUT2D eigenvalue weighted by atomic mass is 10.3. The van der Waals surface area contributed by atoms with Crippen LogP contribution in [0, 0.1) is 6.92 Å². The molecule has 2 aromatic rings. The van der Waals surface area contributed by atoms with Crippen molar-refractivity contribution in [3.05, 3.63) is 47.8 Å². The average Bonchev–Trinajstić information content (AvgIpc) is 2.29. The number of carbonyl (C=O) groups is 1. The third-order valence-corrected chi connectivity index (χ3v) is 3.04. The zero-order valence-electron chi connectivity index (χ0n) is 9.12. The summed E-state index contributed by atoms with van der Waals surface area (Å²) in [7, 11) is 0. The largest absolute Gasteiger partial charge is 0.478 e. The molecule has 86 valence electrons. The maximum Gasteiger partial charge on any atom is 0.338 e. The van der Waals surface area contributed by atoms with Gasteiger partial charge >= 0.3 is 5.97 Å². The molecule has 0 atom stereocenters. The Hall–Kier alpha value is -1.88. The van der Waals surface area contributed by atoms with Gasteiger partial charge in [0.25, 0.3) is 0 Å². The molecule has 5 heteroatoms. The number of aromatic carboxylic acids is 1. The summed E-state index contributed by atoms with van der Waals surface area (Å²) < 4.78 is 0. The summed E-state index contributed by atoms with van der Waals surface area (Å²) in [5.74, 6) is -0.978. The number of carboxylic acid groups (broad SMARTS) is 1. The molecule has 0 aliphatic rings. The number of hydrogen-bond acceptors (Lipinski definition) is 4. The molecule has 0 spiro atoms. The van der Waals surface area contributed by atoms with Gasteiger partial charge in [-0.3, -0.25) is 0 Å². The molecule has 0 fully saturated rings. The van der Waals surface area contributed by atoms with Gasteiger partial charge in [-0.25, -0.2) is 14.8 Å². The molecule has 0 bridgehead atoms. The van der Waals surface area contributed by atoms with E-state index in [2.05, 4.69) is 9.97 Å². The molecule has 0 aromatic carbocycles. The Kier molecular flexibility index (Phi) is 3.39. The van der Waals surface area contributed by atoms with Crippen molar-refractivity contribution in [3.63, 3.8) is 0 Å². The van der Waals surface area contributed by atoms with Crippen molar-refractivity contribution in [3.8, 4) is 0 Å². The summed E-state index contributed by atoms with van der Waals surface area (Å²) in [6.45, 7) is 1.96. The van der Waals surface area contributed by atoms with Crippen LogP contribution in [0.25, 0.3) is 0 Å². The normalized spacial score (nSPS) is 10.2. The van der Waals surface area contributed by atoms with Gasteiger partial charge in [-0.2, -0.15) is 0 Å². The third kappa shape index (κ3) is 2.82. The molecule has 0 saturated heterocycles. The minimum atomic E-state index is -0.978. The molecule has 2 rings (SSSR count). The second-order valence-corrected chi connectivity index (χ2v) is 4.44. The van der Waals surface area contributed by atoms with Crippen molar-refractivity contribution in [2.75, 3.05) is 0 Å². The number of aromatic nitrogens is 2. The summed E-state index contributed by atoms with van der Waals surface area (Å²) in [6.07, 6.45) is 3.27. The number of pyridine rings is 2. The van der Waals surface area contributed by atoms with E-state index in [0.29, 0.717) is 5.03 Å². The molecule has 1 N–H and O–H groups in total. The summed E-state index contributed by atoms with van der Waals surface area (Å²) in [5, 5.41) is 10.2. The first-order chi connectivity index (χ1) is 8.16. The van der Waals surface area contributed by atoms with Crippen LogP contribution in [-0.2, 0) is 0 Å². The smallest absolute Gasteiger partial charge is 0.338 e. The molecule has 0 saturated carbocycles. The Balaban J connectivity index is 2.33. The Labute approximate surface area is 103 Å². The van der Waals surface area contributed by atoms with E-state index in [9.17, 15) is 4.79 Å². The summed E-state index contributed by atoms with van der Waals surface area (Å²) in [4.78, 5) is 19.2. The van der Waals surface area contributed by atoms with Crippen molar-refractivity contribution < 1.29 is 9.90 Å². The molecular weight excluding hydrogens is 236 g/mol. The van der Waals surface area contributed by atoms with Crippen LogP contribution < -0.4 is 0 Å². The third-order valence-electron chi connectivity index (χ3n) is 2.09. The van der Waals surface area contributed by atoms with Gasteiger partial charge in [0.05, 0.1) is 5.56 Å². The predicted octanol–water partition coefficient (Wildman–Crippen LogP) is 2.63. The van der Waals surface area contributed by atoms with Crippen LogP contribution in [-0.4, -0.2) is 21.0 Å². The molecular formula is C12H10N2O2S. The van der Waals surface area contributed by atoms with E-state index in [1.807, 2.05) is 19.1 Å². The highest BCUT2D eigenvalue weighted by atomic mass is 32.2. The van der Waals surface area contributed by atoms with Gasteiger partial charge in [-0.1, -0.05) is 0 Å². The Morgan fingerprint density at radius 3 is 2.82 bits per heavy atom. The lowest BCUT2D eigenvalue weighted by Crippen LogP contribution is -2.00. The number of rotatable bonds is 3. The number of aryl methyl sites for hydroxylation is 1. The van der Waals surface area contributed by atoms with Gasteiger partial charge in [-0.05, 0) is 48.5 Å². The summed E-state index contributed by atoms with van der Waals surface area (Å²) >= 11 is 1.25. The zero-order chi connectivity index (χ0) is 12.3. The zero-order valence-corrected chi connectivity index (χ0v) is 9.94. The van der Waals surface area contributed by atoms with Crippen molar-refractivity contribution >= 4 is 17.7 Å². The van der Waals surface area contributed by atoms with Gasteiger partial charge in [0, 0.05) is 12.4 Å². The van der Waals surface area contributed by atoms with Crippen molar-refractivity contribution in [1.82, 2.24) is 9.97 Å². The number of hydrogen-bond donors (Lipinski definition) is 1. The fraction of sp³-hybridized carbons (Fsp3) is 0.0833. The highest BCUT2D eigenvalue weighted by Crippen LogP contribution is 2.27. The van der Waals surface area contributed by atoms with E-state index in [1.165, 1.54) is 17.8 Å².